The molecule has 0 spiro atoms. The predicted octanol–water partition coefficient (Wildman–Crippen LogP) is 10.7. The number of phenols is 2. The monoisotopic (exact) mass is 1190 g/mol. The molecule has 24 heteroatoms. The smallest absolute Gasteiger partial charge is 0.508 e. The molecule has 1 aliphatic rings. The van der Waals surface area contributed by atoms with Crippen molar-refractivity contribution >= 4 is 57.9 Å². The Labute approximate surface area is 453 Å². The minimum Gasteiger partial charge on any atom is -0.508 e. The number of benzene rings is 4. The fraction of sp³-hybridized carbons (Fsp3) is 0.308. The van der Waals surface area contributed by atoms with Crippen LogP contribution in [0.25, 0.3) is 33.4 Å². The molecule has 406 valence electrons. The molecule has 8 aromatic rings. The SMILES string of the molecule is C.Cc1noc(C)c1-c1ccc(B2OC(C)(C)C(C)(C)O2)cc1.Cc1noc(C)c1-c1ccc(O)cc1.Cc1noc(C)c1-c1ccc(OS(=O)(=O)C(F)(F)F)cc1.Cc1noc(C)c1I.OB(O)c1ccc(O)cc1. The summed E-state index contributed by atoms with van der Waals surface area (Å²) < 4.78 is 95.7. The number of nitrogens with zero attached hydrogens (tertiary/aromatic N) is 4. The maximum Gasteiger partial charge on any atom is 0.534 e. The van der Waals surface area contributed by atoms with Crippen molar-refractivity contribution in [3.8, 4) is 50.6 Å². The summed E-state index contributed by atoms with van der Waals surface area (Å²) in [5.41, 5.74) is 4.14. The highest BCUT2D eigenvalue weighted by atomic mass is 127. The fourth-order valence-corrected chi connectivity index (χ4v) is 7.72. The molecule has 1 saturated heterocycles. The maximum absolute atomic E-state index is 12.2. The van der Waals surface area contributed by atoms with Gasteiger partial charge in [0.1, 0.15) is 40.3 Å². The quantitative estimate of drug-likeness (QED) is 0.0501. The third-order valence-electron chi connectivity index (χ3n) is 11.8. The zero-order valence-corrected chi connectivity index (χ0v) is 46.0. The molecule has 0 saturated carbocycles. The zero-order valence-electron chi connectivity index (χ0n) is 43.1. The summed E-state index contributed by atoms with van der Waals surface area (Å²) in [6.07, 6.45) is 0. The van der Waals surface area contributed by atoms with Crippen molar-refractivity contribution in [2.45, 2.75) is 107 Å². The summed E-state index contributed by atoms with van der Waals surface area (Å²) >= 11 is 2.21. The van der Waals surface area contributed by atoms with Crippen LogP contribution in [0.3, 0.4) is 0 Å². The lowest BCUT2D eigenvalue weighted by molar-refractivity contribution is -0.0500. The lowest BCUT2D eigenvalue weighted by atomic mass is 9.78. The molecule has 0 unspecified atom stereocenters. The van der Waals surface area contributed by atoms with Gasteiger partial charge in [0, 0.05) is 16.7 Å². The molecule has 76 heavy (non-hydrogen) atoms. The van der Waals surface area contributed by atoms with Crippen LogP contribution in [0.15, 0.2) is 115 Å². The Bertz CT molecular complexity index is 3160. The first-order valence-corrected chi connectivity index (χ1v) is 25.3. The second-order valence-corrected chi connectivity index (χ2v) is 20.6. The Hall–Kier alpha value is -6.44. The summed E-state index contributed by atoms with van der Waals surface area (Å²) in [5.74, 6) is 3.04. The second kappa shape index (κ2) is 25.6. The lowest BCUT2D eigenvalue weighted by Gasteiger charge is -2.32. The van der Waals surface area contributed by atoms with Crippen molar-refractivity contribution in [1.29, 1.82) is 0 Å². The van der Waals surface area contributed by atoms with Crippen LogP contribution in [-0.4, -0.2) is 80.3 Å². The van der Waals surface area contributed by atoms with Crippen molar-refractivity contribution in [2.75, 3.05) is 0 Å². The van der Waals surface area contributed by atoms with Crippen molar-refractivity contribution in [3.05, 3.63) is 146 Å². The number of alkyl halides is 3. The molecule has 4 aromatic carbocycles. The van der Waals surface area contributed by atoms with Crippen LogP contribution >= 0.6 is 22.6 Å². The molecular weight excluding hydrogens is 1130 g/mol. The molecule has 0 aliphatic carbocycles. The topological polar surface area (TPSA) is 247 Å². The van der Waals surface area contributed by atoms with E-state index in [2.05, 4.69) is 87.2 Å². The van der Waals surface area contributed by atoms with Crippen molar-refractivity contribution in [2.24, 2.45) is 0 Å². The number of aromatic nitrogens is 4. The summed E-state index contributed by atoms with van der Waals surface area (Å²) in [4.78, 5) is 0. The average Bonchev–Trinajstić information content (AvgIpc) is 4.11. The van der Waals surface area contributed by atoms with Gasteiger partial charge in [0.15, 0.2) is 0 Å². The number of phenolic OH excluding ortho intramolecular Hbond substituents is 2. The molecular formula is C52H60B2F3IN4O13S. The lowest BCUT2D eigenvalue weighted by Crippen LogP contribution is -2.41. The normalized spacial score (nSPS) is 13.3. The highest BCUT2D eigenvalue weighted by Crippen LogP contribution is 2.37. The third-order valence-corrected chi connectivity index (χ3v) is 14.3. The molecule has 0 bridgehead atoms. The molecule has 0 atom stereocenters. The van der Waals surface area contributed by atoms with Crippen molar-refractivity contribution in [1.82, 2.24) is 20.6 Å². The Morgan fingerprint density at radius 3 is 1.17 bits per heavy atom. The van der Waals surface area contributed by atoms with E-state index >= 15 is 0 Å². The van der Waals surface area contributed by atoms with E-state index in [0.717, 1.165) is 77.8 Å². The summed E-state index contributed by atoms with van der Waals surface area (Å²) in [7, 11) is -7.45. The predicted molar refractivity (Wildman–Crippen MR) is 291 cm³/mol. The van der Waals surface area contributed by atoms with Crippen LogP contribution in [0.1, 0.15) is 80.9 Å². The third kappa shape index (κ3) is 15.6. The Balaban J connectivity index is 0.000000214. The van der Waals surface area contributed by atoms with Gasteiger partial charge in [-0.1, -0.05) is 88.7 Å². The minimum absolute atomic E-state index is 0. The molecule has 1 aliphatic heterocycles. The Kier molecular flexibility index (Phi) is 20.9. The molecule has 4 aromatic heterocycles. The largest absolute Gasteiger partial charge is 0.534 e. The van der Waals surface area contributed by atoms with Crippen LogP contribution in [-0.2, 0) is 19.4 Å². The van der Waals surface area contributed by atoms with Crippen LogP contribution < -0.4 is 15.1 Å². The molecule has 1 fully saturated rings. The number of aryl methyl sites for hydroxylation is 8. The van der Waals surface area contributed by atoms with E-state index in [1.54, 1.807) is 26.0 Å². The van der Waals surface area contributed by atoms with E-state index < -0.39 is 28.5 Å². The van der Waals surface area contributed by atoms with E-state index in [1.165, 1.54) is 36.4 Å². The molecule has 9 rings (SSSR count). The van der Waals surface area contributed by atoms with Crippen LogP contribution in [0.4, 0.5) is 13.2 Å². The Morgan fingerprint density at radius 1 is 0.553 bits per heavy atom. The first-order chi connectivity index (χ1) is 34.9. The Morgan fingerprint density at radius 2 is 0.882 bits per heavy atom. The van der Waals surface area contributed by atoms with Crippen molar-refractivity contribution in [3.63, 3.8) is 0 Å². The standard InChI is InChI=1S/C17H22BNO3.C12H10F3NO4S.C11H11NO2.C6H7BO3.C5H6INO.CH4/c1-11-15(12(2)20-19-11)13-7-9-14(10-8-13)18-21-16(3,4)17(5,6)22-18;1-7-11(8(2)19-16-7)9-3-5-10(6-4-9)20-21(17,18)12(13,14)15;1-7-11(8(2)14-12-7)9-3-5-10(13)6-4-9;8-6-3-1-5(2-4-6)7(9)10;1-3-5(6)4(2)8-7-3;/h7-10H,1-6H3;3-6H,1-2H3;3-6,13H,1-2H3;1-4,8-10H;1-2H3;1H4. The molecule has 5 heterocycles. The van der Waals surface area contributed by atoms with Crippen LogP contribution in [0.2, 0.25) is 0 Å². The van der Waals surface area contributed by atoms with Gasteiger partial charge in [-0.3, -0.25) is 0 Å². The van der Waals surface area contributed by atoms with E-state index in [1.807, 2.05) is 65.8 Å². The first kappa shape index (κ1) is 62.1. The second-order valence-electron chi connectivity index (χ2n) is 18.0. The fourth-order valence-electron chi connectivity index (χ4n) is 7.07. The van der Waals surface area contributed by atoms with E-state index in [9.17, 15) is 21.6 Å². The number of halogens is 4. The minimum atomic E-state index is -5.66. The summed E-state index contributed by atoms with van der Waals surface area (Å²) in [6.45, 7) is 23.1. The molecule has 0 amide bonds. The van der Waals surface area contributed by atoms with Crippen LogP contribution in [0.5, 0.6) is 17.2 Å². The van der Waals surface area contributed by atoms with Gasteiger partial charge in [-0.25, -0.2) is 0 Å². The average molecular weight is 1190 g/mol. The van der Waals surface area contributed by atoms with Gasteiger partial charge in [0.25, 0.3) is 0 Å². The number of hydrogen-bond acceptors (Lipinski definition) is 17. The van der Waals surface area contributed by atoms with E-state index in [-0.39, 0.29) is 37.2 Å². The van der Waals surface area contributed by atoms with E-state index in [0.29, 0.717) is 28.0 Å². The molecule has 17 nitrogen and oxygen atoms in total. The van der Waals surface area contributed by atoms with Gasteiger partial charge in [-0.2, -0.15) is 21.6 Å². The number of hydrogen-bond donors (Lipinski definition) is 4. The van der Waals surface area contributed by atoms with Gasteiger partial charge in [-0.15, -0.1) is 0 Å². The van der Waals surface area contributed by atoms with Gasteiger partial charge in [0.05, 0.1) is 37.5 Å². The van der Waals surface area contributed by atoms with Gasteiger partial charge < -0.3 is 51.8 Å². The maximum atomic E-state index is 12.2. The molecule has 4 N–H and O–H groups in total. The number of rotatable bonds is 7. The number of aromatic hydroxyl groups is 2. The van der Waals surface area contributed by atoms with Crippen molar-refractivity contribution < 1.29 is 73.4 Å². The first-order valence-electron chi connectivity index (χ1n) is 22.8. The zero-order chi connectivity index (χ0) is 55.8. The van der Waals surface area contributed by atoms with Gasteiger partial charge >= 0.3 is 29.9 Å². The van der Waals surface area contributed by atoms with E-state index in [4.69, 9.17) is 47.7 Å². The summed E-state index contributed by atoms with van der Waals surface area (Å²) in [5, 5.41) is 50.5. The highest BCUT2D eigenvalue weighted by molar-refractivity contribution is 14.1. The van der Waals surface area contributed by atoms with Crippen LogP contribution in [0, 0.1) is 59.0 Å². The summed E-state index contributed by atoms with van der Waals surface area (Å²) in [6, 6.07) is 26.0. The highest BCUT2D eigenvalue weighted by Gasteiger charge is 2.52. The van der Waals surface area contributed by atoms with Gasteiger partial charge in [-0.05, 0) is 170 Å². The van der Waals surface area contributed by atoms with Gasteiger partial charge in [0.2, 0.25) is 0 Å². The molecule has 0 radical (unpaired) electrons.